The van der Waals surface area contributed by atoms with E-state index in [0.717, 1.165) is 5.56 Å². The van der Waals surface area contributed by atoms with Crippen molar-refractivity contribution in [3.05, 3.63) is 41.2 Å². The molecule has 158 valence electrons. The Labute approximate surface area is 178 Å². The average Bonchev–Trinajstić information content (AvgIpc) is 3.34. The standard InChI is InChI=1S/C21H20N6O4/c1-3-4-12(2)22-19(29)16-11-27(25-24-16)14-6-5-13-10-26(21(31)15(13)9-14)17-7-8-18(28)23-20(17)30/h1,5-6,9,11-12,17H,4,7-8,10H2,2H3,(H,22,29)(H,23,28,30). The van der Waals surface area contributed by atoms with Crippen molar-refractivity contribution >= 4 is 23.6 Å². The van der Waals surface area contributed by atoms with E-state index in [9.17, 15) is 19.2 Å². The summed E-state index contributed by atoms with van der Waals surface area (Å²) < 4.78 is 1.41. The highest BCUT2D eigenvalue weighted by Gasteiger charge is 2.39. The van der Waals surface area contributed by atoms with Crippen LogP contribution in [0.2, 0.25) is 0 Å². The Kier molecular flexibility index (Phi) is 5.25. The van der Waals surface area contributed by atoms with Gasteiger partial charge in [-0.3, -0.25) is 24.5 Å². The molecule has 4 amide bonds. The molecule has 2 aliphatic heterocycles. The van der Waals surface area contributed by atoms with Crippen molar-refractivity contribution in [2.75, 3.05) is 0 Å². The molecule has 10 heteroatoms. The molecule has 0 bridgehead atoms. The van der Waals surface area contributed by atoms with Gasteiger partial charge >= 0.3 is 0 Å². The summed E-state index contributed by atoms with van der Waals surface area (Å²) >= 11 is 0. The fourth-order valence-electron chi connectivity index (χ4n) is 3.70. The fraction of sp³-hybridized carbons (Fsp3) is 0.333. The molecule has 1 saturated heterocycles. The minimum atomic E-state index is -0.673. The van der Waals surface area contributed by atoms with E-state index in [2.05, 4.69) is 26.9 Å². The second-order valence-electron chi connectivity index (χ2n) is 7.57. The van der Waals surface area contributed by atoms with Gasteiger partial charge in [-0.25, -0.2) is 4.68 Å². The average molecular weight is 420 g/mol. The van der Waals surface area contributed by atoms with Gasteiger partial charge < -0.3 is 10.2 Å². The Balaban J connectivity index is 1.52. The largest absolute Gasteiger partial charge is 0.347 e. The maximum Gasteiger partial charge on any atom is 0.273 e. The monoisotopic (exact) mass is 420 g/mol. The molecule has 2 aromatic rings. The molecule has 10 nitrogen and oxygen atoms in total. The first-order chi connectivity index (χ1) is 14.9. The van der Waals surface area contributed by atoms with Gasteiger partial charge in [0.25, 0.3) is 11.8 Å². The van der Waals surface area contributed by atoms with Crippen LogP contribution in [0, 0.1) is 12.3 Å². The van der Waals surface area contributed by atoms with Crippen molar-refractivity contribution in [3.63, 3.8) is 0 Å². The van der Waals surface area contributed by atoms with Crippen LogP contribution in [-0.4, -0.2) is 55.6 Å². The SMILES string of the molecule is C#CCC(C)NC(=O)c1cn(-c2ccc3c(c2)C(=O)N(C2CCC(=O)NC2=O)C3)nn1. The van der Waals surface area contributed by atoms with Crippen LogP contribution in [0.3, 0.4) is 0 Å². The molecular formula is C21H20N6O4. The van der Waals surface area contributed by atoms with Crippen molar-refractivity contribution in [2.45, 2.75) is 44.8 Å². The number of nitrogens with one attached hydrogen (secondary N) is 2. The first kappa shape index (κ1) is 20.3. The van der Waals surface area contributed by atoms with E-state index in [1.807, 2.05) is 0 Å². The molecule has 0 aliphatic carbocycles. The zero-order valence-electron chi connectivity index (χ0n) is 16.8. The molecule has 1 aromatic carbocycles. The Bertz CT molecular complexity index is 1130. The van der Waals surface area contributed by atoms with E-state index in [4.69, 9.17) is 6.42 Å². The minimum Gasteiger partial charge on any atom is -0.347 e. The highest BCUT2D eigenvalue weighted by Crippen LogP contribution is 2.29. The molecule has 2 aliphatic rings. The Hall–Kier alpha value is -4.00. The summed E-state index contributed by atoms with van der Waals surface area (Å²) in [7, 11) is 0. The number of carbonyl (C=O) groups is 4. The predicted molar refractivity (Wildman–Crippen MR) is 108 cm³/mol. The van der Waals surface area contributed by atoms with Gasteiger partial charge in [0, 0.05) is 31.0 Å². The highest BCUT2D eigenvalue weighted by molar-refractivity contribution is 6.05. The molecule has 2 unspecified atom stereocenters. The number of terminal acetylenes is 1. The number of aromatic nitrogens is 3. The zero-order chi connectivity index (χ0) is 22.1. The maximum absolute atomic E-state index is 12.9. The summed E-state index contributed by atoms with van der Waals surface area (Å²) in [5.41, 5.74) is 1.91. The third-order valence-electron chi connectivity index (χ3n) is 5.30. The van der Waals surface area contributed by atoms with Crippen molar-refractivity contribution in [3.8, 4) is 18.0 Å². The lowest BCUT2D eigenvalue weighted by molar-refractivity contribution is -0.136. The topological polar surface area (TPSA) is 126 Å². The van der Waals surface area contributed by atoms with Gasteiger partial charge in [-0.1, -0.05) is 11.3 Å². The second kappa shape index (κ2) is 8.02. The van der Waals surface area contributed by atoms with Crippen LogP contribution in [0.25, 0.3) is 5.69 Å². The van der Waals surface area contributed by atoms with E-state index in [-0.39, 0.29) is 30.0 Å². The number of carbonyl (C=O) groups excluding carboxylic acids is 4. The number of imide groups is 1. The van der Waals surface area contributed by atoms with Gasteiger partial charge in [-0.05, 0) is 31.0 Å². The third kappa shape index (κ3) is 3.90. The number of hydrogen-bond acceptors (Lipinski definition) is 6. The Morgan fingerprint density at radius 1 is 1.39 bits per heavy atom. The lowest BCUT2D eigenvalue weighted by atomic mass is 10.0. The first-order valence-electron chi connectivity index (χ1n) is 9.82. The van der Waals surface area contributed by atoms with Gasteiger partial charge in [0.05, 0.1) is 11.9 Å². The first-order valence-corrected chi connectivity index (χ1v) is 9.82. The number of nitrogens with zero attached hydrogens (tertiary/aromatic N) is 4. The quantitative estimate of drug-likeness (QED) is 0.525. The number of rotatable bonds is 5. The molecular weight excluding hydrogens is 400 g/mol. The van der Waals surface area contributed by atoms with E-state index < -0.39 is 17.9 Å². The highest BCUT2D eigenvalue weighted by atomic mass is 16.2. The molecule has 4 rings (SSSR count). The van der Waals surface area contributed by atoms with Gasteiger partial charge in [0.1, 0.15) is 6.04 Å². The van der Waals surface area contributed by atoms with E-state index in [1.54, 1.807) is 25.1 Å². The second-order valence-corrected chi connectivity index (χ2v) is 7.57. The zero-order valence-corrected chi connectivity index (χ0v) is 16.8. The smallest absolute Gasteiger partial charge is 0.273 e. The van der Waals surface area contributed by atoms with E-state index in [1.165, 1.54) is 15.8 Å². The number of hydrogen-bond donors (Lipinski definition) is 2. The number of fused-ring (bicyclic) bond motifs is 1. The van der Waals surface area contributed by atoms with Gasteiger partial charge in [-0.15, -0.1) is 17.4 Å². The van der Waals surface area contributed by atoms with Crippen LogP contribution in [0.5, 0.6) is 0 Å². The lowest BCUT2D eigenvalue weighted by Gasteiger charge is -2.29. The fourth-order valence-corrected chi connectivity index (χ4v) is 3.70. The molecule has 0 radical (unpaired) electrons. The van der Waals surface area contributed by atoms with Gasteiger partial charge in [0.2, 0.25) is 11.8 Å². The molecule has 0 spiro atoms. The third-order valence-corrected chi connectivity index (χ3v) is 5.30. The van der Waals surface area contributed by atoms with Crippen LogP contribution in [0.1, 0.15) is 52.6 Å². The molecule has 1 aromatic heterocycles. The van der Waals surface area contributed by atoms with Crippen LogP contribution in [-0.2, 0) is 16.1 Å². The Morgan fingerprint density at radius 3 is 2.94 bits per heavy atom. The predicted octanol–water partition coefficient (Wildman–Crippen LogP) is 0.170. The minimum absolute atomic E-state index is 0.126. The summed E-state index contributed by atoms with van der Waals surface area (Å²) in [6.45, 7) is 2.08. The van der Waals surface area contributed by atoms with E-state index >= 15 is 0 Å². The normalized spacial score (nSPS) is 18.9. The molecule has 2 N–H and O–H groups in total. The van der Waals surface area contributed by atoms with Gasteiger partial charge in [0.15, 0.2) is 5.69 Å². The molecule has 2 atom stereocenters. The van der Waals surface area contributed by atoms with Crippen molar-refractivity contribution < 1.29 is 19.2 Å². The Morgan fingerprint density at radius 2 is 2.19 bits per heavy atom. The van der Waals surface area contributed by atoms with Crippen molar-refractivity contribution in [1.29, 1.82) is 0 Å². The number of piperidine rings is 1. The van der Waals surface area contributed by atoms with Gasteiger partial charge in [-0.2, -0.15) is 0 Å². The lowest BCUT2D eigenvalue weighted by Crippen LogP contribution is -2.52. The number of benzene rings is 1. The van der Waals surface area contributed by atoms with Crippen molar-refractivity contribution in [2.24, 2.45) is 0 Å². The molecule has 3 heterocycles. The van der Waals surface area contributed by atoms with Crippen LogP contribution in [0.4, 0.5) is 0 Å². The van der Waals surface area contributed by atoms with Crippen LogP contribution in [0.15, 0.2) is 24.4 Å². The summed E-state index contributed by atoms with van der Waals surface area (Å²) in [5, 5.41) is 12.9. The summed E-state index contributed by atoms with van der Waals surface area (Å²) in [6, 6.07) is 4.33. The van der Waals surface area contributed by atoms with Crippen molar-refractivity contribution in [1.82, 2.24) is 30.5 Å². The molecule has 1 fully saturated rings. The van der Waals surface area contributed by atoms with Crippen LogP contribution >= 0.6 is 0 Å². The van der Waals surface area contributed by atoms with Crippen LogP contribution < -0.4 is 10.6 Å². The number of amides is 4. The molecule has 0 saturated carbocycles. The van der Waals surface area contributed by atoms with E-state index in [0.29, 0.717) is 30.6 Å². The summed E-state index contributed by atoms with van der Waals surface area (Å²) in [4.78, 5) is 50.2. The maximum atomic E-state index is 12.9. The summed E-state index contributed by atoms with van der Waals surface area (Å²) in [6.07, 6.45) is 7.62. The summed E-state index contributed by atoms with van der Waals surface area (Å²) in [5.74, 6) is 1.02. The molecule has 31 heavy (non-hydrogen) atoms.